The third kappa shape index (κ3) is 4.82. The molecular weight excluding hydrogens is 491 g/mol. The molecule has 11 nitrogen and oxygen atoms in total. The van der Waals surface area contributed by atoms with E-state index in [0.717, 1.165) is 17.5 Å². The smallest absolute Gasteiger partial charge is 0.251 e. The van der Waals surface area contributed by atoms with Gasteiger partial charge in [-0.15, -0.1) is 0 Å². The number of halogens is 1. The van der Waals surface area contributed by atoms with E-state index in [4.69, 9.17) is 9.72 Å². The van der Waals surface area contributed by atoms with Gasteiger partial charge >= 0.3 is 0 Å². The van der Waals surface area contributed by atoms with Crippen LogP contribution in [0.5, 0.6) is 0 Å². The number of fused-ring (bicyclic) bond motifs is 1. The number of carbonyl (C=O) groups is 2. The Bertz CT molecular complexity index is 1520. The van der Waals surface area contributed by atoms with Crippen LogP contribution in [0.4, 0.5) is 10.2 Å². The second kappa shape index (κ2) is 10.2. The van der Waals surface area contributed by atoms with E-state index in [-0.39, 0.29) is 30.0 Å². The van der Waals surface area contributed by atoms with E-state index in [1.807, 2.05) is 0 Å². The van der Waals surface area contributed by atoms with Crippen LogP contribution in [0.3, 0.4) is 0 Å². The molecule has 1 aromatic carbocycles. The minimum atomic E-state index is -0.441. The minimum Gasteiger partial charge on any atom is -0.379 e. The maximum Gasteiger partial charge on any atom is 0.251 e. The molecule has 0 aliphatic carbocycles. The molecule has 38 heavy (non-hydrogen) atoms. The van der Waals surface area contributed by atoms with Crippen LogP contribution in [-0.2, 0) is 16.1 Å². The molecule has 198 valence electrons. The van der Waals surface area contributed by atoms with Crippen LogP contribution >= 0.6 is 0 Å². The number of benzene rings is 1. The summed E-state index contributed by atoms with van der Waals surface area (Å²) in [7, 11) is 4.92. The SMILES string of the molecule is CNC(=O)c1cc(C)c(F)c(-c2cnn3cc(-c4cnn(CC(=O)N(C)C)c4)c(NC4CCOC4)nc23)c1. The van der Waals surface area contributed by atoms with Gasteiger partial charge in [0.1, 0.15) is 18.2 Å². The fourth-order valence-electron chi connectivity index (χ4n) is 4.37. The fraction of sp³-hybridized carbons (Fsp3) is 0.346. The van der Waals surface area contributed by atoms with Gasteiger partial charge in [-0.1, -0.05) is 0 Å². The van der Waals surface area contributed by atoms with Crippen LogP contribution in [0.1, 0.15) is 22.3 Å². The van der Waals surface area contributed by atoms with Crippen molar-refractivity contribution in [3.05, 3.63) is 53.9 Å². The molecule has 4 aromatic rings. The van der Waals surface area contributed by atoms with Crippen LogP contribution in [0.2, 0.25) is 0 Å². The number of nitrogens with zero attached hydrogens (tertiary/aromatic N) is 6. The summed E-state index contributed by atoms with van der Waals surface area (Å²) < 4.78 is 24.0. The van der Waals surface area contributed by atoms with Gasteiger partial charge in [-0.2, -0.15) is 10.2 Å². The Morgan fingerprint density at radius 2 is 1.97 bits per heavy atom. The highest BCUT2D eigenvalue weighted by Crippen LogP contribution is 2.33. The Morgan fingerprint density at radius 1 is 1.16 bits per heavy atom. The number of anilines is 1. The Kier molecular flexibility index (Phi) is 6.81. The van der Waals surface area contributed by atoms with Crippen molar-refractivity contribution in [3.63, 3.8) is 0 Å². The number of aromatic nitrogens is 5. The van der Waals surface area contributed by atoms with Crippen molar-refractivity contribution in [3.8, 4) is 22.3 Å². The number of ether oxygens (including phenoxy) is 1. The maximum absolute atomic E-state index is 15.3. The number of likely N-dealkylation sites (N-methyl/N-ethyl adjacent to an activating group) is 1. The second-order valence-electron chi connectivity index (χ2n) is 9.48. The Hall–Kier alpha value is -4.32. The van der Waals surface area contributed by atoms with Gasteiger partial charge in [-0.25, -0.2) is 13.9 Å². The molecular formula is C26H29FN8O3. The number of aryl methyl sites for hydroxylation is 1. The Morgan fingerprint density at radius 3 is 2.68 bits per heavy atom. The Balaban J connectivity index is 1.61. The second-order valence-corrected chi connectivity index (χ2v) is 9.48. The maximum atomic E-state index is 15.3. The summed E-state index contributed by atoms with van der Waals surface area (Å²) in [5.41, 5.74) is 3.28. The van der Waals surface area contributed by atoms with Gasteiger partial charge < -0.3 is 20.3 Å². The summed E-state index contributed by atoms with van der Waals surface area (Å²) in [6.45, 7) is 2.91. The lowest BCUT2D eigenvalue weighted by atomic mass is 10.0. The molecule has 2 N–H and O–H groups in total. The number of rotatable bonds is 7. The summed E-state index contributed by atoms with van der Waals surface area (Å²) in [6.07, 6.45) is 7.60. The molecule has 0 bridgehead atoms. The fourth-order valence-corrected chi connectivity index (χ4v) is 4.37. The monoisotopic (exact) mass is 520 g/mol. The number of amides is 2. The molecule has 1 aliphatic heterocycles. The topological polar surface area (TPSA) is 119 Å². The van der Waals surface area contributed by atoms with E-state index >= 15 is 4.39 Å². The van der Waals surface area contributed by atoms with Gasteiger partial charge in [0.05, 0.1) is 25.0 Å². The zero-order valence-corrected chi connectivity index (χ0v) is 21.7. The van der Waals surface area contributed by atoms with E-state index in [1.54, 1.807) is 55.0 Å². The molecule has 1 saturated heterocycles. The van der Waals surface area contributed by atoms with Gasteiger partial charge in [0.15, 0.2) is 5.65 Å². The first-order chi connectivity index (χ1) is 18.2. The highest BCUT2D eigenvalue weighted by Gasteiger charge is 2.23. The summed E-state index contributed by atoms with van der Waals surface area (Å²) in [4.78, 5) is 30.8. The predicted molar refractivity (Wildman–Crippen MR) is 139 cm³/mol. The van der Waals surface area contributed by atoms with Gasteiger partial charge in [-0.05, 0) is 31.0 Å². The van der Waals surface area contributed by atoms with Crippen molar-refractivity contribution < 1.29 is 18.7 Å². The molecule has 1 fully saturated rings. The Labute approximate surface area is 218 Å². The summed E-state index contributed by atoms with van der Waals surface area (Å²) in [5, 5.41) is 14.8. The lowest BCUT2D eigenvalue weighted by molar-refractivity contribution is -0.129. The van der Waals surface area contributed by atoms with Gasteiger partial charge in [-0.3, -0.25) is 14.3 Å². The summed E-state index contributed by atoms with van der Waals surface area (Å²) in [5.74, 6) is -0.270. The molecule has 2 amide bonds. The number of hydrogen-bond donors (Lipinski definition) is 2. The molecule has 5 rings (SSSR count). The van der Waals surface area contributed by atoms with Crippen LogP contribution in [0, 0.1) is 12.7 Å². The molecule has 4 heterocycles. The van der Waals surface area contributed by atoms with Crippen molar-refractivity contribution in [1.29, 1.82) is 0 Å². The number of carbonyl (C=O) groups excluding carboxylic acids is 2. The van der Waals surface area contributed by atoms with Crippen molar-refractivity contribution >= 4 is 23.3 Å². The highest BCUT2D eigenvalue weighted by atomic mass is 19.1. The molecule has 1 aliphatic rings. The molecule has 0 spiro atoms. The first-order valence-electron chi connectivity index (χ1n) is 12.2. The molecule has 12 heteroatoms. The summed E-state index contributed by atoms with van der Waals surface area (Å²) >= 11 is 0. The first kappa shape index (κ1) is 25.3. The van der Waals surface area contributed by atoms with Crippen molar-refractivity contribution in [2.45, 2.75) is 25.9 Å². The molecule has 3 aromatic heterocycles. The summed E-state index contributed by atoms with van der Waals surface area (Å²) in [6, 6.07) is 3.08. The molecule has 0 saturated carbocycles. The normalized spacial score (nSPS) is 15.1. The number of nitrogens with one attached hydrogen (secondary N) is 2. The van der Waals surface area contributed by atoms with Crippen molar-refractivity contribution in [2.75, 3.05) is 39.7 Å². The van der Waals surface area contributed by atoms with Crippen LogP contribution in [0.25, 0.3) is 27.9 Å². The highest BCUT2D eigenvalue weighted by molar-refractivity contribution is 5.96. The van der Waals surface area contributed by atoms with Gasteiger partial charge in [0.2, 0.25) is 5.91 Å². The van der Waals surface area contributed by atoms with E-state index < -0.39 is 5.82 Å². The zero-order valence-electron chi connectivity index (χ0n) is 21.7. The average molecular weight is 521 g/mol. The minimum absolute atomic E-state index is 0.0518. The standard InChI is InChI=1S/C26H29FN8O3/c1-15-7-16(26(37)28-2)8-19(23(15)27)20-10-30-35-12-21(17-9-29-34(11-17)13-22(36)33(3)4)24(32-25(20)35)31-18-5-6-38-14-18/h7-12,18H,5-6,13-14H2,1-4H3,(H,28,37)(H,31,32). The lowest BCUT2D eigenvalue weighted by Crippen LogP contribution is -2.26. The van der Waals surface area contributed by atoms with Crippen molar-refractivity contribution in [1.82, 2.24) is 34.6 Å². The van der Waals surface area contributed by atoms with E-state index in [0.29, 0.717) is 41.4 Å². The third-order valence-corrected chi connectivity index (χ3v) is 6.54. The lowest BCUT2D eigenvalue weighted by Gasteiger charge is -2.15. The van der Waals surface area contributed by atoms with E-state index in [9.17, 15) is 9.59 Å². The van der Waals surface area contributed by atoms with Crippen LogP contribution in [-0.4, -0.2) is 81.5 Å². The third-order valence-electron chi connectivity index (χ3n) is 6.54. The largest absolute Gasteiger partial charge is 0.379 e. The average Bonchev–Trinajstić information content (AvgIpc) is 3.66. The van der Waals surface area contributed by atoms with Crippen LogP contribution < -0.4 is 10.6 Å². The van der Waals surface area contributed by atoms with Gasteiger partial charge in [0.25, 0.3) is 5.91 Å². The predicted octanol–water partition coefficient (Wildman–Crippen LogP) is 2.36. The first-order valence-corrected chi connectivity index (χ1v) is 12.2. The molecule has 1 atom stereocenters. The van der Waals surface area contributed by atoms with Gasteiger partial charge in [0, 0.05) is 68.0 Å². The van der Waals surface area contributed by atoms with E-state index in [1.165, 1.54) is 24.1 Å². The van der Waals surface area contributed by atoms with Crippen molar-refractivity contribution in [2.24, 2.45) is 0 Å². The quantitative estimate of drug-likeness (QED) is 0.384. The molecule has 1 unspecified atom stereocenters. The van der Waals surface area contributed by atoms with E-state index in [2.05, 4.69) is 20.8 Å². The van der Waals surface area contributed by atoms with Crippen LogP contribution in [0.15, 0.2) is 36.9 Å². The molecule has 0 radical (unpaired) electrons. The zero-order chi connectivity index (χ0) is 27.0. The number of hydrogen-bond acceptors (Lipinski definition) is 7.